The molecule has 2 fully saturated rings. The molecular formula is C52H54N6O2. The van der Waals surface area contributed by atoms with Crippen LogP contribution in [0.15, 0.2) is 158 Å². The van der Waals surface area contributed by atoms with Gasteiger partial charge in [0.15, 0.2) is 0 Å². The molecule has 7 aromatic rings. The monoisotopic (exact) mass is 794 g/mol. The van der Waals surface area contributed by atoms with Gasteiger partial charge in [0.05, 0.1) is 40.4 Å². The van der Waals surface area contributed by atoms with Crippen LogP contribution < -0.4 is 15.6 Å². The van der Waals surface area contributed by atoms with Gasteiger partial charge in [0.1, 0.15) is 0 Å². The van der Waals surface area contributed by atoms with Crippen LogP contribution in [0.3, 0.4) is 0 Å². The zero-order valence-corrected chi connectivity index (χ0v) is 34.3. The average molecular weight is 795 g/mol. The van der Waals surface area contributed by atoms with Crippen molar-refractivity contribution in [2.24, 2.45) is 11.8 Å². The Labute approximate surface area is 353 Å². The van der Waals surface area contributed by atoms with Crippen LogP contribution in [-0.2, 0) is 6.42 Å². The van der Waals surface area contributed by atoms with Crippen molar-refractivity contribution in [2.45, 2.75) is 57.8 Å². The third-order valence-corrected chi connectivity index (χ3v) is 11.9. The summed E-state index contributed by atoms with van der Waals surface area (Å²) in [7, 11) is 0. The molecule has 9 rings (SSSR count). The smallest absolute Gasteiger partial charge is 0.272 e. The molecule has 8 heteroatoms. The van der Waals surface area contributed by atoms with E-state index in [-0.39, 0.29) is 11.8 Å². The van der Waals surface area contributed by atoms with Gasteiger partial charge in [0.2, 0.25) is 0 Å². The number of benzene rings is 5. The number of aromatic nitrogens is 2. The summed E-state index contributed by atoms with van der Waals surface area (Å²) in [5.74, 6) is 1.21. The fourth-order valence-electron chi connectivity index (χ4n) is 8.55. The van der Waals surface area contributed by atoms with Gasteiger partial charge in [-0.3, -0.25) is 19.6 Å². The van der Waals surface area contributed by atoms with Crippen LogP contribution in [0.1, 0.15) is 77.6 Å². The number of carbonyl (C=O) groups excluding carboxylic acids is 2. The first-order valence-electron chi connectivity index (χ1n) is 21.6. The fourth-order valence-corrected chi connectivity index (χ4v) is 8.55. The molecular weight excluding hydrogens is 741 g/mol. The number of anilines is 3. The molecule has 8 nitrogen and oxygen atoms in total. The van der Waals surface area contributed by atoms with Gasteiger partial charge < -0.3 is 10.6 Å². The minimum absolute atomic E-state index is 0.0100. The second-order valence-corrected chi connectivity index (χ2v) is 16.1. The quantitative estimate of drug-likeness (QED) is 0.134. The van der Waals surface area contributed by atoms with Gasteiger partial charge in [-0.05, 0) is 98.0 Å². The van der Waals surface area contributed by atoms with Gasteiger partial charge in [-0.15, -0.1) is 0 Å². The highest BCUT2D eigenvalue weighted by atomic mass is 16.2. The topological polar surface area (TPSA) is 90.5 Å². The molecule has 2 amide bonds. The first-order valence-corrected chi connectivity index (χ1v) is 21.6. The van der Waals surface area contributed by atoms with Crippen LogP contribution in [0.5, 0.6) is 0 Å². The predicted octanol–water partition coefficient (Wildman–Crippen LogP) is 11.6. The second kappa shape index (κ2) is 20.1. The number of hydrogen-bond donors (Lipinski definition) is 2. The Morgan fingerprint density at radius 2 is 1.22 bits per heavy atom. The molecule has 0 unspecified atom stereocenters. The number of piperidine rings is 1. The first-order chi connectivity index (χ1) is 29.6. The molecule has 1 aliphatic carbocycles. The van der Waals surface area contributed by atoms with Crippen molar-refractivity contribution < 1.29 is 9.59 Å². The van der Waals surface area contributed by atoms with E-state index in [0.717, 1.165) is 72.1 Å². The standard InChI is InChI=1S/C28H27N3O.C24H27N3O/c32-28(24-11-5-2-6-12-24)31(26-20-25-13-7-8-14-27(25)29-21-26)30-17-15-23(16-18-30)19-22-9-3-1-4-10-22;28-24(27-20-15-19-11-5-7-13-22(19)26-17-20)21-12-6-8-14-23(21)25-16-18-9-3-1-2-4-10-18/h1-14,20-21,23H,15-19H2;5-8,11-15,17-18,25H,1-4,9-10,16H2,(H,27,28). The summed E-state index contributed by atoms with van der Waals surface area (Å²) in [6.45, 7) is 2.63. The van der Waals surface area contributed by atoms with Crippen LogP contribution >= 0.6 is 0 Å². The lowest BCUT2D eigenvalue weighted by atomic mass is 9.90. The number of hydrazine groups is 1. The number of hydrogen-bond acceptors (Lipinski definition) is 6. The Morgan fingerprint density at radius 3 is 1.93 bits per heavy atom. The van der Waals surface area contributed by atoms with Crippen molar-refractivity contribution >= 4 is 50.7 Å². The summed E-state index contributed by atoms with van der Waals surface area (Å²) < 4.78 is 0. The molecule has 5 aromatic carbocycles. The fraction of sp³-hybridized carbons (Fsp3) is 0.269. The zero-order chi connectivity index (χ0) is 40.9. The van der Waals surface area contributed by atoms with Gasteiger partial charge in [0.25, 0.3) is 11.8 Å². The largest absolute Gasteiger partial charge is 0.384 e. The van der Waals surface area contributed by atoms with Gasteiger partial charge >= 0.3 is 0 Å². The minimum atomic E-state index is -0.110. The highest BCUT2D eigenvalue weighted by Crippen LogP contribution is 2.29. The van der Waals surface area contributed by atoms with Crippen molar-refractivity contribution in [2.75, 3.05) is 35.3 Å². The molecule has 304 valence electrons. The van der Waals surface area contributed by atoms with E-state index in [2.05, 4.69) is 62.0 Å². The maximum absolute atomic E-state index is 13.6. The summed E-state index contributed by atoms with van der Waals surface area (Å²) in [4.78, 5) is 35.6. The molecule has 1 aliphatic heterocycles. The maximum atomic E-state index is 13.6. The van der Waals surface area contributed by atoms with E-state index < -0.39 is 0 Å². The summed E-state index contributed by atoms with van der Waals surface area (Å²) in [6, 6.07) is 47.9. The second-order valence-electron chi connectivity index (χ2n) is 16.1. The number of pyridine rings is 2. The maximum Gasteiger partial charge on any atom is 0.272 e. The van der Waals surface area contributed by atoms with Gasteiger partial charge in [-0.25, -0.2) is 10.0 Å². The number of nitrogens with zero attached hydrogens (tertiary/aromatic N) is 4. The van der Waals surface area contributed by atoms with Gasteiger partial charge in [-0.2, -0.15) is 0 Å². The number of para-hydroxylation sites is 3. The number of carbonyl (C=O) groups is 2. The van der Waals surface area contributed by atoms with Gasteiger partial charge in [0, 0.05) is 41.7 Å². The van der Waals surface area contributed by atoms with Crippen LogP contribution in [0, 0.1) is 11.8 Å². The van der Waals surface area contributed by atoms with Crippen molar-refractivity contribution in [3.63, 3.8) is 0 Å². The lowest BCUT2D eigenvalue weighted by Gasteiger charge is -2.39. The highest BCUT2D eigenvalue weighted by molar-refractivity contribution is 6.08. The number of fused-ring (bicyclic) bond motifs is 2. The number of amides is 2. The lowest BCUT2D eigenvalue weighted by Crippen LogP contribution is -2.50. The summed E-state index contributed by atoms with van der Waals surface area (Å²) >= 11 is 0. The first kappa shape index (κ1) is 40.4. The van der Waals surface area contributed by atoms with E-state index >= 15 is 0 Å². The lowest BCUT2D eigenvalue weighted by molar-refractivity contribution is 0.0845. The predicted molar refractivity (Wildman–Crippen MR) is 245 cm³/mol. The average Bonchev–Trinajstić information content (AvgIpc) is 3.59. The number of nitrogens with one attached hydrogen (secondary N) is 2. The molecule has 2 aromatic heterocycles. The summed E-state index contributed by atoms with van der Waals surface area (Å²) in [6.07, 6.45) is 14.7. The highest BCUT2D eigenvalue weighted by Gasteiger charge is 2.29. The molecule has 1 saturated heterocycles. The Hall–Kier alpha value is -6.38. The SMILES string of the molecule is O=C(Nc1cnc2ccccc2c1)c1ccccc1NCC1CCCCCC1.O=C(c1ccccc1)N(c1cnc2ccccc2c1)N1CCC(Cc2ccccc2)CC1. The van der Waals surface area contributed by atoms with Crippen molar-refractivity contribution in [1.29, 1.82) is 0 Å². The van der Waals surface area contributed by atoms with Crippen LogP contribution in [0.2, 0.25) is 0 Å². The molecule has 0 spiro atoms. The van der Waals surface area contributed by atoms with Crippen molar-refractivity contribution in [3.05, 3.63) is 175 Å². The van der Waals surface area contributed by atoms with Crippen molar-refractivity contribution in [3.8, 4) is 0 Å². The van der Waals surface area contributed by atoms with Crippen LogP contribution in [0.25, 0.3) is 21.8 Å². The molecule has 1 saturated carbocycles. The Kier molecular flexibility index (Phi) is 13.5. The van der Waals surface area contributed by atoms with Crippen LogP contribution in [-0.4, -0.2) is 46.4 Å². The Balaban J connectivity index is 0.000000168. The van der Waals surface area contributed by atoms with E-state index in [1.165, 1.54) is 44.1 Å². The van der Waals surface area contributed by atoms with E-state index in [9.17, 15) is 9.59 Å². The van der Waals surface area contributed by atoms with E-state index in [1.807, 2.05) is 120 Å². The number of rotatable bonds is 10. The van der Waals surface area contributed by atoms with E-state index in [4.69, 9.17) is 0 Å². The third-order valence-electron chi connectivity index (χ3n) is 11.9. The summed E-state index contributed by atoms with van der Waals surface area (Å²) in [5, 5.41) is 12.6. The molecule has 60 heavy (non-hydrogen) atoms. The Morgan fingerprint density at radius 1 is 0.617 bits per heavy atom. The van der Waals surface area contributed by atoms with Crippen molar-refractivity contribution in [1.82, 2.24) is 15.0 Å². The third kappa shape index (κ3) is 10.4. The molecule has 2 N–H and O–H groups in total. The molecule has 0 bridgehead atoms. The minimum Gasteiger partial charge on any atom is -0.384 e. The molecule has 2 aliphatic rings. The zero-order valence-electron chi connectivity index (χ0n) is 34.3. The molecule has 0 atom stereocenters. The molecule has 3 heterocycles. The molecule has 0 radical (unpaired) electrons. The summed E-state index contributed by atoms with van der Waals surface area (Å²) in [5.41, 5.74) is 7.04. The van der Waals surface area contributed by atoms with E-state index in [1.54, 1.807) is 6.20 Å². The normalized spacial score (nSPS) is 15.1. The Bertz CT molecular complexity index is 2480. The van der Waals surface area contributed by atoms with Crippen LogP contribution in [0.4, 0.5) is 17.1 Å². The van der Waals surface area contributed by atoms with E-state index in [0.29, 0.717) is 28.7 Å². The van der Waals surface area contributed by atoms with Gasteiger partial charge in [-0.1, -0.05) is 123 Å².